The number of aliphatic carboxylic acids is 1. The summed E-state index contributed by atoms with van der Waals surface area (Å²) in [5.74, 6) is -2.72. The summed E-state index contributed by atoms with van der Waals surface area (Å²) in [7, 11) is 1.54. The molecule has 2 aromatic carbocycles. The average molecular weight is 675 g/mol. The van der Waals surface area contributed by atoms with Crippen LogP contribution in [0, 0.1) is 5.92 Å². The molecule has 5 atom stereocenters. The van der Waals surface area contributed by atoms with E-state index >= 15 is 0 Å². The van der Waals surface area contributed by atoms with Gasteiger partial charge in [0.2, 0.25) is 17.7 Å². The Balaban J connectivity index is 0.00000768. The van der Waals surface area contributed by atoms with Crippen molar-refractivity contribution in [3.05, 3.63) is 65.7 Å². The third-order valence-electron chi connectivity index (χ3n) is 8.32. The first-order valence-electron chi connectivity index (χ1n) is 15.8. The largest absolute Gasteiger partial charge is 0.497 e. The van der Waals surface area contributed by atoms with E-state index in [0.29, 0.717) is 56.4 Å². The number of carbonyl (C=O) groups is 5. The molecule has 0 saturated carbocycles. The molecule has 1 fully saturated rings. The predicted molar refractivity (Wildman–Crippen MR) is 178 cm³/mol. The molecule has 0 radical (unpaired) electrons. The van der Waals surface area contributed by atoms with Gasteiger partial charge in [-0.05, 0) is 67.9 Å². The van der Waals surface area contributed by atoms with Gasteiger partial charge < -0.3 is 35.8 Å². The Hall–Kier alpha value is -4.16. The summed E-state index contributed by atoms with van der Waals surface area (Å²) < 4.78 is 10.5. The molecule has 1 aliphatic heterocycles. The number of unbranched alkanes of at least 4 members (excludes halogenated alkanes) is 1. The van der Waals surface area contributed by atoms with Gasteiger partial charge in [0.05, 0.1) is 25.3 Å². The van der Waals surface area contributed by atoms with Crippen LogP contribution < -0.4 is 21.1 Å². The number of carboxylic acid groups (broad SMARTS) is 1. The number of carbonyl (C=O) groups excluding carboxylic acids is 4. The van der Waals surface area contributed by atoms with E-state index in [-0.39, 0.29) is 31.4 Å². The third-order valence-corrected chi connectivity index (χ3v) is 8.32. The first-order valence-corrected chi connectivity index (χ1v) is 15.8. The fraction of sp³-hybridized carbons (Fsp3) is 0.500. The van der Waals surface area contributed by atoms with Gasteiger partial charge in [0.1, 0.15) is 23.9 Å². The number of nitrogens with two attached hydrogens (primary N) is 1. The molecule has 12 nitrogen and oxygen atoms in total. The number of carboxylic acids is 1. The van der Waals surface area contributed by atoms with E-state index in [2.05, 4.69) is 10.6 Å². The van der Waals surface area contributed by atoms with Gasteiger partial charge in [0.15, 0.2) is 0 Å². The molecule has 0 bridgehead atoms. The Labute approximate surface area is 282 Å². The van der Waals surface area contributed by atoms with E-state index in [4.69, 9.17) is 15.2 Å². The summed E-state index contributed by atoms with van der Waals surface area (Å²) >= 11 is 0. The van der Waals surface area contributed by atoms with Gasteiger partial charge in [-0.15, -0.1) is 12.4 Å². The lowest BCUT2D eigenvalue weighted by Crippen LogP contribution is -2.59. The number of esters is 1. The molecule has 5 N–H and O–H groups in total. The van der Waals surface area contributed by atoms with Gasteiger partial charge in [-0.3, -0.25) is 14.4 Å². The van der Waals surface area contributed by atoms with E-state index in [9.17, 15) is 29.1 Å². The lowest BCUT2D eigenvalue weighted by Gasteiger charge is -2.31. The Bertz CT molecular complexity index is 1330. The average Bonchev–Trinajstić information content (AvgIpc) is 3.57. The number of halogens is 1. The summed E-state index contributed by atoms with van der Waals surface area (Å²) in [4.78, 5) is 65.7. The number of rotatable bonds is 17. The number of nitrogens with one attached hydrogen (secondary N) is 2. The first kappa shape index (κ1) is 39.0. The van der Waals surface area contributed by atoms with E-state index < -0.39 is 53.8 Å². The Kier molecular flexibility index (Phi) is 16.2. The van der Waals surface area contributed by atoms with Gasteiger partial charge in [-0.1, -0.05) is 50.6 Å². The van der Waals surface area contributed by atoms with Crippen molar-refractivity contribution >= 4 is 42.1 Å². The van der Waals surface area contributed by atoms with Crippen molar-refractivity contribution in [3.63, 3.8) is 0 Å². The molecule has 258 valence electrons. The van der Waals surface area contributed by atoms with E-state index in [1.165, 1.54) is 4.90 Å². The normalized spacial score (nSPS) is 16.5. The fourth-order valence-electron chi connectivity index (χ4n) is 5.31. The van der Waals surface area contributed by atoms with Crippen molar-refractivity contribution in [2.45, 2.75) is 83.0 Å². The van der Waals surface area contributed by atoms with Crippen molar-refractivity contribution in [2.24, 2.45) is 11.7 Å². The van der Waals surface area contributed by atoms with Crippen LogP contribution in [-0.4, -0.2) is 84.1 Å². The topological polar surface area (TPSA) is 177 Å². The standard InChI is InChI=1S/C34H46N4O8.ClH/c1-4-22(2)29(32(41)38-19-10-14-28(38)33(42)43)37-31(40)27(21-23-15-17-25(45-3)18-16-23)36-30(39)26(35)13-8-9-20-46-34(44)24-11-6-5-7-12-24;/h5-7,11-12,15-18,22,26-29H,4,8-10,13-14,19-21,35H2,1-3H3,(H,36,39)(H,37,40)(H,42,43);1H/t22-,26-,27+,28+,29-;/m0./s1. The molecule has 13 heteroatoms. The highest BCUT2D eigenvalue weighted by atomic mass is 35.5. The zero-order valence-electron chi connectivity index (χ0n) is 27.2. The van der Waals surface area contributed by atoms with Crippen LogP contribution in [0.3, 0.4) is 0 Å². The number of nitrogens with zero attached hydrogens (tertiary/aromatic N) is 1. The van der Waals surface area contributed by atoms with Crippen LogP contribution in [0.2, 0.25) is 0 Å². The lowest BCUT2D eigenvalue weighted by molar-refractivity contribution is -0.150. The second-order valence-electron chi connectivity index (χ2n) is 11.6. The van der Waals surface area contributed by atoms with Crippen molar-refractivity contribution in [1.82, 2.24) is 15.5 Å². The number of amides is 3. The Morgan fingerprint density at radius 1 is 1.00 bits per heavy atom. The SMILES string of the molecule is CC[C@H](C)[C@H](NC(=O)[C@@H](Cc1ccc(OC)cc1)NC(=O)[C@@H](N)CCCCOC(=O)c1ccccc1)C(=O)N1CCC[C@@H]1C(=O)O.Cl. The van der Waals surface area contributed by atoms with Crippen molar-refractivity contribution in [1.29, 1.82) is 0 Å². The number of ether oxygens (including phenoxy) is 2. The van der Waals surface area contributed by atoms with Crippen LogP contribution >= 0.6 is 12.4 Å². The maximum atomic E-state index is 13.7. The third kappa shape index (κ3) is 11.5. The van der Waals surface area contributed by atoms with Crippen LogP contribution in [-0.2, 0) is 30.3 Å². The summed E-state index contributed by atoms with van der Waals surface area (Å²) in [5.41, 5.74) is 7.39. The molecule has 1 saturated heterocycles. The maximum Gasteiger partial charge on any atom is 0.338 e. The molecule has 0 aliphatic carbocycles. The molecule has 0 aromatic heterocycles. The Morgan fingerprint density at radius 3 is 2.30 bits per heavy atom. The highest BCUT2D eigenvalue weighted by molar-refractivity contribution is 5.94. The highest BCUT2D eigenvalue weighted by Gasteiger charge is 2.40. The van der Waals surface area contributed by atoms with Crippen LogP contribution in [0.15, 0.2) is 54.6 Å². The summed E-state index contributed by atoms with van der Waals surface area (Å²) in [6.07, 6.45) is 2.90. The van der Waals surface area contributed by atoms with Crippen molar-refractivity contribution in [2.75, 3.05) is 20.3 Å². The van der Waals surface area contributed by atoms with Gasteiger partial charge in [0, 0.05) is 13.0 Å². The first-order chi connectivity index (χ1) is 22.0. The van der Waals surface area contributed by atoms with E-state index in [0.717, 1.165) is 5.56 Å². The van der Waals surface area contributed by atoms with Crippen molar-refractivity contribution < 1.29 is 38.6 Å². The molecule has 0 spiro atoms. The lowest BCUT2D eigenvalue weighted by atomic mass is 9.96. The van der Waals surface area contributed by atoms with Gasteiger partial charge in [-0.25, -0.2) is 9.59 Å². The van der Waals surface area contributed by atoms with Crippen molar-refractivity contribution in [3.8, 4) is 5.75 Å². The van der Waals surface area contributed by atoms with Crippen LogP contribution in [0.5, 0.6) is 5.75 Å². The van der Waals surface area contributed by atoms with E-state index in [1.807, 2.05) is 19.9 Å². The smallest absolute Gasteiger partial charge is 0.338 e. The molecule has 3 rings (SSSR count). The minimum atomic E-state index is -1.08. The summed E-state index contributed by atoms with van der Waals surface area (Å²) in [5, 5.41) is 15.2. The number of hydrogen-bond donors (Lipinski definition) is 4. The number of likely N-dealkylation sites (tertiary alicyclic amines) is 1. The van der Waals surface area contributed by atoms with Gasteiger partial charge in [0.25, 0.3) is 0 Å². The van der Waals surface area contributed by atoms with Gasteiger partial charge in [-0.2, -0.15) is 0 Å². The van der Waals surface area contributed by atoms with Crippen LogP contribution in [0.1, 0.15) is 68.3 Å². The monoisotopic (exact) mass is 674 g/mol. The number of hydrogen-bond acceptors (Lipinski definition) is 8. The Morgan fingerprint density at radius 2 is 1.68 bits per heavy atom. The molecule has 1 aliphatic rings. The second kappa shape index (κ2) is 19.5. The number of methoxy groups -OCH3 is 1. The molecule has 3 amide bonds. The summed E-state index contributed by atoms with van der Waals surface area (Å²) in [6.45, 7) is 4.17. The van der Waals surface area contributed by atoms with E-state index in [1.54, 1.807) is 55.6 Å². The second-order valence-corrected chi connectivity index (χ2v) is 11.6. The quantitative estimate of drug-likeness (QED) is 0.145. The number of benzene rings is 2. The highest BCUT2D eigenvalue weighted by Crippen LogP contribution is 2.22. The van der Waals surface area contributed by atoms with Gasteiger partial charge >= 0.3 is 11.9 Å². The fourth-order valence-corrected chi connectivity index (χ4v) is 5.31. The summed E-state index contributed by atoms with van der Waals surface area (Å²) in [6, 6.07) is 11.8. The molecular weight excluding hydrogens is 628 g/mol. The predicted octanol–water partition coefficient (Wildman–Crippen LogP) is 3.11. The molecule has 0 unspecified atom stereocenters. The van der Waals surface area contributed by atoms with Crippen LogP contribution in [0.4, 0.5) is 0 Å². The molecule has 47 heavy (non-hydrogen) atoms. The molecular formula is C34H47ClN4O8. The zero-order chi connectivity index (χ0) is 33.6. The molecule has 2 aromatic rings. The van der Waals surface area contributed by atoms with Crippen LogP contribution in [0.25, 0.3) is 0 Å². The maximum absolute atomic E-state index is 13.7. The minimum absolute atomic E-state index is 0. The minimum Gasteiger partial charge on any atom is -0.497 e. The molecule has 1 heterocycles. The zero-order valence-corrected chi connectivity index (χ0v) is 28.0.